The van der Waals surface area contributed by atoms with Crippen LogP contribution in [-0.4, -0.2) is 38.2 Å². The lowest BCUT2D eigenvalue weighted by Gasteiger charge is -2.23. The van der Waals surface area contributed by atoms with Crippen LogP contribution in [0.2, 0.25) is 0 Å². The van der Waals surface area contributed by atoms with Crippen LogP contribution in [0, 0.1) is 10.1 Å². The van der Waals surface area contributed by atoms with E-state index in [9.17, 15) is 29.9 Å². The molecule has 1 aliphatic rings. The highest BCUT2D eigenvalue weighted by Gasteiger charge is 2.34. The molecular weight excluding hydrogens is 366 g/mol. The van der Waals surface area contributed by atoms with Crippen molar-refractivity contribution >= 4 is 34.5 Å². The molecule has 2 N–H and O–H groups in total. The molecule has 0 atom stereocenters. The Hall–Kier alpha value is -4.27. The quantitative estimate of drug-likeness (QED) is 0.237. The molecule has 138 valence electrons. The Morgan fingerprint density at radius 2 is 1.64 bits per heavy atom. The summed E-state index contributed by atoms with van der Waals surface area (Å²) in [6.07, 6.45) is 1.07. The van der Waals surface area contributed by atoms with Gasteiger partial charge in [-0.05, 0) is 30.3 Å². The molecule has 0 aliphatic carbocycles. The lowest BCUT2D eigenvalue weighted by atomic mass is 9.94. The first kappa shape index (κ1) is 17.2. The summed E-state index contributed by atoms with van der Waals surface area (Å²) in [4.78, 5) is 36.2. The maximum atomic E-state index is 12.8. The fourth-order valence-corrected chi connectivity index (χ4v) is 3.11. The number of phenolic OH excluding ortho intramolecular Hbond substituents is 2. The van der Waals surface area contributed by atoms with Gasteiger partial charge >= 0.3 is 0 Å². The number of amides is 2. The normalized spacial score (nSPS) is 13.5. The van der Waals surface area contributed by atoms with Crippen LogP contribution in [0.5, 0.6) is 11.5 Å². The third-order valence-corrected chi connectivity index (χ3v) is 4.42. The zero-order chi connectivity index (χ0) is 20.0. The second-order valence-corrected chi connectivity index (χ2v) is 6.00. The van der Waals surface area contributed by atoms with Crippen molar-refractivity contribution in [3.8, 4) is 11.5 Å². The van der Waals surface area contributed by atoms with Crippen molar-refractivity contribution in [2.75, 3.05) is 0 Å². The highest BCUT2D eigenvalue weighted by Crippen LogP contribution is 2.35. The van der Waals surface area contributed by atoms with Crippen LogP contribution < -0.4 is 0 Å². The van der Waals surface area contributed by atoms with Gasteiger partial charge in [0.15, 0.2) is 11.5 Å². The summed E-state index contributed by atoms with van der Waals surface area (Å²) in [5, 5.41) is 35.5. The first-order chi connectivity index (χ1) is 13.4. The number of aromatic hydroxyl groups is 2. The Morgan fingerprint density at radius 1 is 0.964 bits per heavy atom. The van der Waals surface area contributed by atoms with Crippen molar-refractivity contribution < 1.29 is 24.7 Å². The van der Waals surface area contributed by atoms with Gasteiger partial charge in [0.05, 0.1) is 27.7 Å². The number of carbonyl (C=O) groups excluding carboxylic acids is 2. The minimum absolute atomic E-state index is 0.105. The second-order valence-electron chi connectivity index (χ2n) is 6.00. The summed E-state index contributed by atoms with van der Waals surface area (Å²) in [6.45, 7) is 0. The molecule has 1 heterocycles. The summed E-state index contributed by atoms with van der Waals surface area (Å²) in [5.41, 5.74) is 0.109. The van der Waals surface area contributed by atoms with Gasteiger partial charge in [-0.1, -0.05) is 12.1 Å². The molecule has 0 unspecified atom stereocenters. The van der Waals surface area contributed by atoms with Gasteiger partial charge in [0.2, 0.25) is 0 Å². The Labute approximate surface area is 156 Å². The lowest BCUT2D eigenvalue weighted by Crippen LogP contribution is -2.36. The Bertz CT molecular complexity index is 1200. The molecule has 0 saturated carbocycles. The van der Waals surface area contributed by atoms with E-state index in [1.54, 1.807) is 0 Å². The van der Waals surface area contributed by atoms with Crippen LogP contribution in [0.25, 0.3) is 10.8 Å². The summed E-state index contributed by atoms with van der Waals surface area (Å²) in [6, 6.07) is 11.1. The topological polar surface area (TPSA) is 133 Å². The molecule has 9 nitrogen and oxygen atoms in total. The first-order valence-corrected chi connectivity index (χ1v) is 8.04. The van der Waals surface area contributed by atoms with E-state index in [1.165, 1.54) is 48.5 Å². The molecule has 1 aliphatic heterocycles. The molecule has 0 saturated heterocycles. The Balaban J connectivity index is 1.84. The van der Waals surface area contributed by atoms with E-state index in [0.29, 0.717) is 5.01 Å². The maximum absolute atomic E-state index is 12.8. The molecule has 0 spiro atoms. The van der Waals surface area contributed by atoms with E-state index in [-0.39, 0.29) is 38.9 Å². The average Bonchev–Trinajstić information content (AvgIpc) is 2.68. The minimum Gasteiger partial charge on any atom is -0.504 e. The molecule has 0 bridgehead atoms. The number of carbonyl (C=O) groups is 2. The van der Waals surface area contributed by atoms with Gasteiger partial charge in [-0.25, -0.2) is 0 Å². The zero-order valence-electron chi connectivity index (χ0n) is 14.1. The van der Waals surface area contributed by atoms with E-state index in [4.69, 9.17) is 0 Å². The molecule has 0 aromatic heterocycles. The van der Waals surface area contributed by atoms with Gasteiger partial charge in [-0.15, -0.1) is 0 Å². The third kappa shape index (κ3) is 2.45. The van der Waals surface area contributed by atoms with E-state index in [0.717, 1.165) is 6.21 Å². The number of hydrogen-bond acceptors (Lipinski definition) is 7. The SMILES string of the molecule is O=C1c2cccc3c([N+](=O)[O-])ccc(c23)C(=O)N1N=Cc1cccc(O)c1O. The van der Waals surface area contributed by atoms with Gasteiger partial charge in [-0.2, -0.15) is 10.1 Å². The predicted molar refractivity (Wildman–Crippen MR) is 98.5 cm³/mol. The van der Waals surface area contributed by atoms with Gasteiger partial charge < -0.3 is 10.2 Å². The van der Waals surface area contributed by atoms with Crippen molar-refractivity contribution in [3.05, 3.63) is 75.3 Å². The number of hydrogen-bond donors (Lipinski definition) is 2. The molecular formula is C19H11N3O6. The number of para-hydroxylation sites is 1. The number of rotatable bonds is 3. The van der Waals surface area contributed by atoms with Gasteiger partial charge in [0, 0.05) is 17.0 Å². The van der Waals surface area contributed by atoms with E-state index in [1.807, 2.05) is 0 Å². The number of benzene rings is 3. The lowest BCUT2D eigenvalue weighted by molar-refractivity contribution is -0.383. The van der Waals surface area contributed by atoms with Crippen LogP contribution in [-0.2, 0) is 0 Å². The number of phenols is 2. The highest BCUT2D eigenvalue weighted by atomic mass is 16.6. The fraction of sp³-hybridized carbons (Fsp3) is 0. The summed E-state index contributed by atoms with van der Waals surface area (Å²) < 4.78 is 0. The van der Waals surface area contributed by atoms with Crippen LogP contribution in [0.4, 0.5) is 5.69 Å². The number of non-ortho nitro benzene ring substituents is 1. The number of hydrazone groups is 1. The predicted octanol–water partition coefficient (Wildman–Crippen LogP) is 2.79. The minimum atomic E-state index is -0.750. The van der Waals surface area contributed by atoms with Crippen molar-refractivity contribution in [1.29, 1.82) is 0 Å². The van der Waals surface area contributed by atoms with Crippen molar-refractivity contribution in [2.45, 2.75) is 0 Å². The summed E-state index contributed by atoms with van der Waals surface area (Å²) in [5.74, 6) is -2.32. The zero-order valence-corrected chi connectivity index (χ0v) is 14.1. The Kier molecular flexibility index (Phi) is 3.78. The summed E-state index contributed by atoms with van der Waals surface area (Å²) in [7, 11) is 0. The first-order valence-electron chi connectivity index (χ1n) is 8.04. The van der Waals surface area contributed by atoms with Gasteiger partial charge in [-0.3, -0.25) is 19.7 Å². The van der Waals surface area contributed by atoms with Crippen LogP contribution >= 0.6 is 0 Å². The van der Waals surface area contributed by atoms with E-state index >= 15 is 0 Å². The second kappa shape index (κ2) is 6.16. The smallest absolute Gasteiger partial charge is 0.282 e. The number of nitro groups is 1. The Morgan fingerprint density at radius 3 is 2.36 bits per heavy atom. The van der Waals surface area contributed by atoms with E-state index < -0.39 is 22.5 Å². The molecule has 9 heteroatoms. The highest BCUT2D eigenvalue weighted by molar-refractivity contribution is 6.26. The summed E-state index contributed by atoms with van der Waals surface area (Å²) >= 11 is 0. The number of imide groups is 1. The van der Waals surface area contributed by atoms with Crippen LogP contribution in [0.3, 0.4) is 0 Å². The van der Waals surface area contributed by atoms with Crippen LogP contribution in [0.1, 0.15) is 26.3 Å². The fourth-order valence-electron chi connectivity index (χ4n) is 3.11. The molecule has 4 rings (SSSR count). The molecule has 3 aromatic rings. The van der Waals surface area contributed by atoms with Crippen molar-refractivity contribution in [2.24, 2.45) is 5.10 Å². The maximum Gasteiger partial charge on any atom is 0.282 e. The molecule has 2 amide bonds. The number of nitrogens with zero attached hydrogens (tertiary/aromatic N) is 3. The standard InChI is InChI=1S/C19H11N3O6/c23-15-6-1-3-10(17(15)24)9-20-21-18(25)12-5-2-4-11-14(22(27)28)8-7-13(16(11)12)19(21)26/h1-9,23-24H. The molecule has 0 fully saturated rings. The van der Waals surface area contributed by atoms with Gasteiger partial charge in [0.1, 0.15) is 0 Å². The number of nitro benzene ring substituents is 1. The largest absolute Gasteiger partial charge is 0.504 e. The third-order valence-electron chi connectivity index (χ3n) is 4.42. The monoisotopic (exact) mass is 377 g/mol. The average molecular weight is 377 g/mol. The van der Waals surface area contributed by atoms with E-state index in [2.05, 4.69) is 5.10 Å². The molecule has 3 aromatic carbocycles. The van der Waals surface area contributed by atoms with Crippen molar-refractivity contribution in [3.63, 3.8) is 0 Å². The van der Waals surface area contributed by atoms with Crippen molar-refractivity contribution in [1.82, 2.24) is 5.01 Å². The molecule has 28 heavy (non-hydrogen) atoms. The van der Waals surface area contributed by atoms with Gasteiger partial charge in [0.25, 0.3) is 17.5 Å². The molecule has 0 radical (unpaired) electrons. The van der Waals surface area contributed by atoms with Crippen LogP contribution in [0.15, 0.2) is 53.6 Å².